The number of aromatic nitrogens is 3. The van der Waals surface area contributed by atoms with E-state index in [-0.39, 0.29) is 5.56 Å². The van der Waals surface area contributed by atoms with E-state index in [1.165, 1.54) is 17.4 Å². The lowest BCUT2D eigenvalue weighted by atomic mass is 10.1. The van der Waals surface area contributed by atoms with Crippen LogP contribution >= 0.6 is 11.3 Å². The number of hydrogen-bond acceptors (Lipinski definition) is 5. The van der Waals surface area contributed by atoms with Crippen LogP contribution in [0.4, 0.5) is 0 Å². The van der Waals surface area contributed by atoms with Gasteiger partial charge in [-0.1, -0.05) is 0 Å². The molecule has 0 saturated heterocycles. The van der Waals surface area contributed by atoms with Gasteiger partial charge in [-0.05, 0) is 25.1 Å². The smallest absolute Gasteiger partial charge is 0.261 e. The number of H-pyrrole nitrogens is 1. The minimum Gasteiger partial charge on any atom is -0.365 e. The SMILES string of the molecule is Cc1[nH]c(=O)c(C(N)=O)cc1-c1csc(-c2ccncc2)n1. The monoisotopic (exact) mass is 312 g/mol. The van der Waals surface area contributed by atoms with E-state index in [0.717, 1.165) is 10.6 Å². The number of nitrogens with zero attached hydrogens (tertiary/aromatic N) is 2. The summed E-state index contributed by atoms with van der Waals surface area (Å²) in [5.41, 5.74) is 7.64. The normalized spacial score (nSPS) is 10.6. The summed E-state index contributed by atoms with van der Waals surface area (Å²) in [6, 6.07) is 5.23. The van der Waals surface area contributed by atoms with Gasteiger partial charge in [0.1, 0.15) is 10.6 Å². The molecule has 0 spiro atoms. The van der Waals surface area contributed by atoms with Crippen molar-refractivity contribution in [1.82, 2.24) is 15.0 Å². The number of primary amides is 1. The highest BCUT2D eigenvalue weighted by atomic mass is 32.1. The van der Waals surface area contributed by atoms with Crippen LogP contribution in [0.5, 0.6) is 0 Å². The summed E-state index contributed by atoms with van der Waals surface area (Å²) in [7, 11) is 0. The highest BCUT2D eigenvalue weighted by Crippen LogP contribution is 2.29. The standard InChI is InChI=1S/C15H12N4O2S/c1-8-10(6-11(13(16)20)14(21)18-8)12-7-22-15(19-12)9-2-4-17-5-3-9/h2-7H,1H3,(H2,16,20)(H,18,21). The van der Waals surface area contributed by atoms with Gasteiger partial charge in [0.2, 0.25) is 0 Å². The van der Waals surface area contributed by atoms with Gasteiger partial charge in [0.05, 0.1) is 5.69 Å². The first-order valence-corrected chi connectivity index (χ1v) is 7.34. The van der Waals surface area contributed by atoms with E-state index in [1.54, 1.807) is 19.3 Å². The number of nitrogens with one attached hydrogen (secondary N) is 1. The van der Waals surface area contributed by atoms with Crippen LogP contribution in [0.15, 0.2) is 40.8 Å². The van der Waals surface area contributed by atoms with Crippen LogP contribution < -0.4 is 11.3 Å². The summed E-state index contributed by atoms with van der Waals surface area (Å²) in [6.07, 6.45) is 3.40. The molecule has 0 saturated carbocycles. The number of carbonyl (C=O) groups excluding carboxylic acids is 1. The van der Waals surface area contributed by atoms with Crippen molar-refractivity contribution in [3.05, 3.63) is 57.6 Å². The largest absolute Gasteiger partial charge is 0.365 e. The molecule has 0 aliphatic heterocycles. The number of nitrogens with two attached hydrogens (primary N) is 1. The topological polar surface area (TPSA) is 102 Å². The number of carbonyl (C=O) groups is 1. The van der Waals surface area contributed by atoms with Crippen LogP contribution in [0.1, 0.15) is 16.1 Å². The van der Waals surface area contributed by atoms with Crippen molar-refractivity contribution in [3.8, 4) is 21.8 Å². The fourth-order valence-corrected chi connectivity index (χ4v) is 2.92. The third-order valence-corrected chi connectivity index (χ3v) is 4.10. The van der Waals surface area contributed by atoms with Crippen LogP contribution in [0.3, 0.4) is 0 Å². The molecule has 22 heavy (non-hydrogen) atoms. The molecule has 0 bridgehead atoms. The number of aryl methyl sites for hydroxylation is 1. The van der Waals surface area contributed by atoms with Crippen molar-refractivity contribution >= 4 is 17.2 Å². The van der Waals surface area contributed by atoms with Gasteiger partial charge >= 0.3 is 0 Å². The van der Waals surface area contributed by atoms with Crippen molar-refractivity contribution in [2.75, 3.05) is 0 Å². The molecule has 3 N–H and O–H groups in total. The Morgan fingerprint density at radius 3 is 2.73 bits per heavy atom. The summed E-state index contributed by atoms with van der Waals surface area (Å²) >= 11 is 1.48. The fraction of sp³-hybridized carbons (Fsp3) is 0.0667. The van der Waals surface area contributed by atoms with Gasteiger partial charge in [-0.15, -0.1) is 11.3 Å². The molecule has 3 aromatic rings. The lowest BCUT2D eigenvalue weighted by molar-refractivity contribution is 0.0999. The Hall–Kier alpha value is -2.80. The van der Waals surface area contributed by atoms with Crippen molar-refractivity contribution in [3.63, 3.8) is 0 Å². The maximum atomic E-state index is 11.7. The summed E-state index contributed by atoms with van der Waals surface area (Å²) in [4.78, 5) is 34.2. The van der Waals surface area contributed by atoms with Gasteiger partial charge in [-0.25, -0.2) is 4.98 Å². The van der Waals surface area contributed by atoms with E-state index < -0.39 is 11.5 Å². The molecule has 0 atom stereocenters. The van der Waals surface area contributed by atoms with E-state index >= 15 is 0 Å². The van der Waals surface area contributed by atoms with Gasteiger partial charge in [-0.3, -0.25) is 14.6 Å². The molecular weight excluding hydrogens is 300 g/mol. The number of aromatic amines is 1. The van der Waals surface area contributed by atoms with Crippen molar-refractivity contribution in [2.24, 2.45) is 5.73 Å². The molecule has 0 fully saturated rings. The fourth-order valence-electron chi connectivity index (χ4n) is 2.10. The van der Waals surface area contributed by atoms with Gasteiger partial charge in [-0.2, -0.15) is 0 Å². The quantitative estimate of drug-likeness (QED) is 0.772. The van der Waals surface area contributed by atoms with Crippen LogP contribution in [-0.2, 0) is 0 Å². The van der Waals surface area contributed by atoms with Crippen molar-refractivity contribution in [1.29, 1.82) is 0 Å². The summed E-state index contributed by atoms with van der Waals surface area (Å²) in [5, 5.41) is 2.71. The zero-order chi connectivity index (χ0) is 15.7. The first-order chi connectivity index (χ1) is 10.6. The number of thiazole rings is 1. The Morgan fingerprint density at radius 1 is 1.32 bits per heavy atom. The molecule has 0 aliphatic carbocycles. The van der Waals surface area contributed by atoms with Gasteiger partial charge < -0.3 is 10.7 Å². The molecule has 1 amide bonds. The van der Waals surface area contributed by atoms with Crippen LogP contribution in [0.2, 0.25) is 0 Å². The third kappa shape index (κ3) is 2.53. The highest BCUT2D eigenvalue weighted by Gasteiger charge is 2.14. The maximum Gasteiger partial charge on any atom is 0.261 e. The third-order valence-electron chi connectivity index (χ3n) is 3.21. The average molecular weight is 312 g/mol. The zero-order valence-corrected chi connectivity index (χ0v) is 12.5. The minimum absolute atomic E-state index is 0.0703. The molecule has 6 nitrogen and oxygen atoms in total. The second-order valence-corrected chi connectivity index (χ2v) is 5.55. The Kier molecular flexibility index (Phi) is 3.56. The molecule has 0 aromatic carbocycles. The van der Waals surface area contributed by atoms with Gasteiger partial charge in [0.15, 0.2) is 0 Å². The lowest BCUT2D eigenvalue weighted by Crippen LogP contribution is -2.24. The molecule has 3 aromatic heterocycles. The predicted octanol–water partition coefficient (Wildman–Crippen LogP) is 1.97. The molecular formula is C15H12N4O2S. The number of rotatable bonds is 3. The second-order valence-electron chi connectivity index (χ2n) is 4.69. The number of hydrogen-bond donors (Lipinski definition) is 2. The lowest BCUT2D eigenvalue weighted by Gasteiger charge is -2.04. The zero-order valence-electron chi connectivity index (χ0n) is 11.7. The summed E-state index contributed by atoms with van der Waals surface area (Å²) in [5.74, 6) is -0.757. The minimum atomic E-state index is -0.757. The maximum absolute atomic E-state index is 11.7. The van der Waals surface area contributed by atoms with Crippen LogP contribution in [-0.4, -0.2) is 20.9 Å². The Morgan fingerprint density at radius 2 is 2.05 bits per heavy atom. The van der Waals surface area contributed by atoms with Crippen LogP contribution in [0, 0.1) is 6.92 Å². The van der Waals surface area contributed by atoms with Crippen molar-refractivity contribution < 1.29 is 4.79 Å². The molecule has 110 valence electrons. The van der Waals surface area contributed by atoms with E-state index in [1.807, 2.05) is 17.5 Å². The Bertz CT molecular complexity index is 899. The van der Waals surface area contributed by atoms with Gasteiger partial charge in [0, 0.05) is 34.6 Å². The predicted molar refractivity (Wildman–Crippen MR) is 84.7 cm³/mol. The number of amides is 1. The average Bonchev–Trinajstić information content (AvgIpc) is 2.97. The first-order valence-electron chi connectivity index (χ1n) is 6.46. The highest BCUT2D eigenvalue weighted by molar-refractivity contribution is 7.13. The molecule has 7 heteroatoms. The molecule has 0 radical (unpaired) electrons. The Labute approximate surface area is 129 Å². The Balaban J connectivity index is 2.09. The van der Waals surface area contributed by atoms with E-state index in [2.05, 4.69) is 15.0 Å². The summed E-state index contributed by atoms with van der Waals surface area (Å²) < 4.78 is 0. The molecule has 3 rings (SSSR count). The van der Waals surface area contributed by atoms with Crippen molar-refractivity contribution in [2.45, 2.75) is 6.92 Å². The molecule has 0 aliphatic rings. The van der Waals surface area contributed by atoms with E-state index in [0.29, 0.717) is 17.0 Å². The van der Waals surface area contributed by atoms with Gasteiger partial charge in [0.25, 0.3) is 11.5 Å². The number of pyridine rings is 2. The van der Waals surface area contributed by atoms with E-state index in [4.69, 9.17) is 5.73 Å². The summed E-state index contributed by atoms with van der Waals surface area (Å²) in [6.45, 7) is 1.76. The van der Waals surface area contributed by atoms with E-state index in [9.17, 15) is 9.59 Å². The van der Waals surface area contributed by atoms with Crippen LogP contribution in [0.25, 0.3) is 21.8 Å². The molecule has 0 unspecified atom stereocenters. The second kappa shape index (κ2) is 5.53. The first kappa shape index (κ1) is 14.2. The molecule has 3 heterocycles.